The minimum absolute atomic E-state index is 0.0467. The van der Waals surface area contributed by atoms with E-state index in [-0.39, 0.29) is 5.91 Å². The molecule has 1 amide bonds. The summed E-state index contributed by atoms with van der Waals surface area (Å²) in [6, 6.07) is 16.1. The minimum Gasteiger partial charge on any atom is -0.336 e. The summed E-state index contributed by atoms with van der Waals surface area (Å²) in [5, 5.41) is 0. The van der Waals surface area contributed by atoms with Crippen LogP contribution in [0.5, 0.6) is 0 Å². The lowest BCUT2D eigenvalue weighted by atomic mass is 10.1. The molecule has 0 bridgehead atoms. The van der Waals surface area contributed by atoms with Crippen LogP contribution in [0.15, 0.2) is 60.9 Å². The molecule has 126 valence electrons. The highest BCUT2D eigenvalue weighted by Crippen LogP contribution is 2.17. The fraction of sp³-hybridized carbons (Fsp3) is 0.250. The highest BCUT2D eigenvalue weighted by Gasteiger charge is 2.23. The molecule has 0 aliphatic carbocycles. The van der Waals surface area contributed by atoms with Crippen LogP contribution in [0.1, 0.15) is 15.9 Å². The van der Waals surface area contributed by atoms with E-state index < -0.39 is 0 Å². The van der Waals surface area contributed by atoms with Crippen LogP contribution >= 0.6 is 0 Å². The summed E-state index contributed by atoms with van der Waals surface area (Å²) in [6.45, 7) is 4.18. The number of hydrogen-bond acceptors (Lipinski definition) is 4. The number of carbonyl (C=O) groups is 1. The molecule has 1 aliphatic heterocycles. The number of benzene rings is 2. The van der Waals surface area contributed by atoms with Gasteiger partial charge in [0.15, 0.2) is 0 Å². The molecule has 4 rings (SSSR count). The molecule has 1 aliphatic rings. The van der Waals surface area contributed by atoms with Crippen LogP contribution in [0.2, 0.25) is 0 Å². The Morgan fingerprint density at radius 1 is 0.880 bits per heavy atom. The zero-order valence-corrected chi connectivity index (χ0v) is 14.0. The molecule has 0 saturated carbocycles. The Labute approximate surface area is 146 Å². The van der Waals surface area contributed by atoms with Gasteiger partial charge in [-0.3, -0.25) is 19.7 Å². The molecule has 1 aromatic heterocycles. The molecular weight excluding hydrogens is 312 g/mol. The van der Waals surface area contributed by atoms with E-state index in [4.69, 9.17) is 0 Å². The molecule has 0 unspecified atom stereocenters. The van der Waals surface area contributed by atoms with Gasteiger partial charge in [-0.25, -0.2) is 0 Å². The van der Waals surface area contributed by atoms with Gasteiger partial charge in [0.05, 0.1) is 11.1 Å². The second kappa shape index (κ2) is 6.99. The molecule has 2 aromatic carbocycles. The van der Waals surface area contributed by atoms with Crippen molar-refractivity contribution in [2.45, 2.75) is 6.54 Å². The van der Waals surface area contributed by atoms with E-state index in [9.17, 15) is 4.79 Å². The number of aromatic nitrogens is 2. The van der Waals surface area contributed by atoms with Gasteiger partial charge in [-0.1, -0.05) is 36.4 Å². The average molecular weight is 332 g/mol. The van der Waals surface area contributed by atoms with Crippen molar-refractivity contribution in [1.82, 2.24) is 19.8 Å². The standard InChI is InChI=1S/C20H20N4O/c25-20(17-7-4-8-18-19(17)22-10-9-21-18)24-13-11-23(12-14-24)15-16-5-2-1-3-6-16/h1-10H,11-15H2. The number of hydrogen-bond donors (Lipinski definition) is 0. The fourth-order valence-corrected chi connectivity index (χ4v) is 3.29. The lowest BCUT2D eigenvalue weighted by molar-refractivity contribution is 0.0630. The molecule has 25 heavy (non-hydrogen) atoms. The van der Waals surface area contributed by atoms with Gasteiger partial charge < -0.3 is 4.90 Å². The van der Waals surface area contributed by atoms with E-state index in [0.29, 0.717) is 11.1 Å². The molecular formula is C20H20N4O. The van der Waals surface area contributed by atoms with Crippen LogP contribution in [0.3, 0.4) is 0 Å². The molecule has 0 N–H and O–H groups in total. The van der Waals surface area contributed by atoms with Gasteiger partial charge in [0.25, 0.3) is 5.91 Å². The summed E-state index contributed by atoms with van der Waals surface area (Å²) in [4.78, 5) is 25.9. The largest absolute Gasteiger partial charge is 0.336 e. The number of amides is 1. The number of nitrogens with zero attached hydrogens (tertiary/aromatic N) is 4. The van der Waals surface area contributed by atoms with Crippen molar-refractivity contribution in [2.75, 3.05) is 26.2 Å². The first kappa shape index (κ1) is 15.7. The molecule has 0 spiro atoms. The van der Waals surface area contributed by atoms with Crippen LogP contribution in [-0.4, -0.2) is 51.9 Å². The van der Waals surface area contributed by atoms with Gasteiger partial charge in [-0.15, -0.1) is 0 Å². The molecule has 5 heteroatoms. The van der Waals surface area contributed by atoms with Crippen LogP contribution in [0.4, 0.5) is 0 Å². The third kappa shape index (κ3) is 3.37. The predicted molar refractivity (Wildman–Crippen MR) is 97.2 cm³/mol. The molecule has 0 atom stereocenters. The van der Waals surface area contributed by atoms with Crippen LogP contribution in [-0.2, 0) is 6.54 Å². The predicted octanol–water partition coefficient (Wildman–Crippen LogP) is 2.59. The summed E-state index contributed by atoms with van der Waals surface area (Å²) >= 11 is 0. The number of fused-ring (bicyclic) bond motifs is 1. The fourth-order valence-electron chi connectivity index (χ4n) is 3.29. The number of para-hydroxylation sites is 1. The lowest BCUT2D eigenvalue weighted by Gasteiger charge is -2.34. The SMILES string of the molecule is O=C(c1cccc2nccnc12)N1CCN(Cc2ccccc2)CC1. The molecule has 1 saturated heterocycles. The van der Waals surface area contributed by atoms with Crippen molar-refractivity contribution >= 4 is 16.9 Å². The van der Waals surface area contributed by atoms with E-state index in [1.54, 1.807) is 12.4 Å². The average Bonchev–Trinajstić information content (AvgIpc) is 2.68. The first-order valence-corrected chi connectivity index (χ1v) is 8.56. The number of rotatable bonds is 3. The molecule has 3 aromatic rings. The molecule has 5 nitrogen and oxygen atoms in total. The van der Waals surface area contributed by atoms with Crippen molar-refractivity contribution in [1.29, 1.82) is 0 Å². The first-order chi connectivity index (χ1) is 12.3. The monoisotopic (exact) mass is 332 g/mol. The summed E-state index contributed by atoms with van der Waals surface area (Å²) in [6.07, 6.45) is 3.29. The van der Waals surface area contributed by atoms with E-state index >= 15 is 0 Å². The Bertz CT molecular complexity index is 868. The van der Waals surface area contributed by atoms with Crippen molar-refractivity contribution in [3.05, 3.63) is 72.1 Å². The smallest absolute Gasteiger partial charge is 0.256 e. The molecule has 2 heterocycles. The van der Waals surface area contributed by atoms with Gasteiger partial charge in [0.2, 0.25) is 0 Å². The summed E-state index contributed by atoms with van der Waals surface area (Å²) in [7, 11) is 0. The van der Waals surface area contributed by atoms with E-state index in [1.165, 1.54) is 5.56 Å². The second-order valence-electron chi connectivity index (χ2n) is 6.28. The Morgan fingerprint density at radius 3 is 2.44 bits per heavy atom. The maximum absolute atomic E-state index is 12.9. The van der Waals surface area contributed by atoms with Gasteiger partial charge >= 0.3 is 0 Å². The maximum atomic E-state index is 12.9. The Morgan fingerprint density at radius 2 is 1.64 bits per heavy atom. The van der Waals surface area contributed by atoms with E-state index in [1.807, 2.05) is 29.2 Å². The quantitative estimate of drug-likeness (QED) is 0.740. The van der Waals surface area contributed by atoms with Crippen LogP contribution in [0, 0.1) is 0 Å². The highest BCUT2D eigenvalue weighted by molar-refractivity contribution is 6.04. The Hall–Kier alpha value is -2.79. The summed E-state index contributed by atoms with van der Waals surface area (Å²) < 4.78 is 0. The summed E-state index contributed by atoms with van der Waals surface area (Å²) in [5.41, 5.74) is 3.39. The van der Waals surface area contributed by atoms with Crippen molar-refractivity contribution in [3.63, 3.8) is 0 Å². The van der Waals surface area contributed by atoms with Crippen LogP contribution in [0.25, 0.3) is 11.0 Å². The van der Waals surface area contributed by atoms with Gasteiger partial charge in [0, 0.05) is 45.1 Å². The third-order valence-electron chi connectivity index (χ3n) is 4.64. The van der Waals surface area contributed by atoms with Crippen molar-refractivity contribution in [2.24, 2.45) is 0 Å². The highest BCUT2D eigenvalue weighted by atomic mass is 16.2. The zero-order valence-electron chi connectivity index (χ0n) is 14.0. The minimum atomic E-state index is 0.0467. The van der Waals surface area contributed by atoms with Crippen LogP contribution < -0.4 is 0 Å². The molecule has 1 fully saturated rings. The first-order valence-electron chi connectivity index (χ1n) is 8.56. The lowest BCUT2D eigenvalue weighted by Crippen LogP contribution is -2.48. The number of piperazine rings is 1. The van der Waals surface area contributed by atoms with E-state index in [0.717, 1.165) is 38.2 Å². The topological polar surface area (TPSA) is 49.3 Å². The molecule has 0 radical (unpaired) electrons. The zero-order chi connectivity index (χ0) is 17.1. The van der Waals surface area contributed by atoms with Crippen molar-refractivity contribution in [3.8, 4) is 0 Å². The number of carbonyl (C=O) groups excluding carboxylic acids is 1. The normalized spacial score (nSPS) is 15.4. The Balaban J connectivity index is 1.44. The third-order valence-corrected chi connectivity index (χ3v) is 4.64. The van der Waals surface area contributed by atoms with Gasteiger partial charge in [-0.05, 0) is 17.7 Å². The summed E-state index contributed by atoms with van der Waals surface area (Å²) in [5.74, 6) is 0.0467. The second-order valence-corrected chi connectivity index (χ2v) is 6.28. The maximum Gasteiger partial charge on any atom is 0.256 e. The van der Waals surface area contributed by atoms with Gasteiger partial charge in [-0.2, -0.15) is 0 Å². The van der Waals surface area contributed by atoms with Gasteiger partial charge in [0.1, 0.15) is 5.52 Å². The Kier molecular flexibility index (Phi) is 4.39. The van der Waals surface area contributed by atoms with Crippen molar-refractivity contribution < 1.29 is 4.79 Å². The van der Waals surface area contributed by atoms with E-state index in [2.05, 4.69) is 39.1 Å².